The van der Waals surface area contributed by atoms with E-state index in [0.717, 1.165) is 36.2 Å². The number of nitrogens with zero attached hydrogens (tertiary/aromatic N) is 1. The van der Waals surface area contributed by atoms with Crippen molar-refractivity contribution in [2.75, 3.05) is 13.2 Å². The fourth-order valence-corrected chi connectivity index (χ4v) is 7.70. The standard InChI is InChI=1S/C26H32FNO4/c1-14-4-5-28(23(14)25(30)31)24(29)20-9-19(17-2-3-17)22(10-21(20)27)32-13-26-11-15-6-16(12-26)8-18(26)7-15/h9-10,14-18,23H,2-8,11-13H2,1H3,(H,30,31)/t14-,15?,16?,18?,23-,26?/m0/s1. The van der Waals surface area contributed by atoms with Crippen molar-refractivity contribution in [2.45, 2.75) is 70.3 Å². The van der Waals surface area contributed by atoms with E-state index in [4.69, 9.17) is 4.74 Å². The zero-order valence-electron chi connectivity index (χ0n) is 18.7. The minimum atomic E-state index is -1.02. The number of hydrogen-bond donors (Lipinski definition) is 1. The second-order valence-corrected chi connectivity index (χ2v) is 11.4. The van der Waals surface area contributed by atoms with Crippen molar-refractivity contribution >= 4 is 11.9 Å². The van der Waals surface area contributed by atoms with Gasteiger partial charge in [-0.1, -0.05) is 6.92 Å². The molecule has 1 aromatic rings. The highest BCUT2D eigenvalue weighted by Gasteiger charge is 2.58. The van der Waals surface area contributed by atoms with Crippen molar-refractivity contribution in [3.8, 4) is 5.75 Å². The first-order chi connectivity index (χ1) is 15.3. The van der Waals surface area contributed by atoms with Crippen molar-refractivity contribution in [3.63, 3.8) is 0 Å². The summed E-state index contributed by atoms with van der Waals surface area (Å²) in [5, 5.41) is 9.58. The number of carboxylic acids is 1. The van der Waals surface area contributed by atoms with Gasteiger partial charge in [0.2, 0.25) is 0 Å². The van der Waals surface area contributed by atoms with Gasteiger partial charge in [0, 0.05) is 18.0 Å². The molecule has 1 saturated heterocycles. The molecule has 7 rings (SSSR count). The molecule has 1 heterocycles. The molecule has 1 N–H and O–H groups in total. The lowest BCUT2D eigenvalue weighted by Crippen LogP contribution is -2.43. The molecule has 0 aromatic heterocycles. The van der Waals surface area contributed by atoms with Crippen LogP contribution in [0.25, 0.3) is 0 Å². The molecular weight excluding hydrogens is 409 g/mol. The van der Waals surface area contributed by atoms with Crippen molar-refractivity contribution in [2.24, 2.45) is 29.1 Å². The SMILES string of the molecule is C[C@H]1CCN(C(=O)c2cc(C3CC3)c(OCC34CC5CC(CC3C5)C4)cc2F)[C@@H]1C(=O)O. The van der Waals surface area contributed by atoms with Crippen LogP contribution in [0.5, 0.6) is 5.75 Å². The number of carboxylic acid groups (broad SMARTS) is 1. The Morgan fingerprint density at radius 1 is 1.16 bits per heavy atom. The van der Waals surface area contributed by atoms with Crippen LogP contribution in [0.2, 0.25) is 0 Å². The lowest BCUT2D eigenvalue weighted by atomic mass is 9.76. The molecule has 1 aromatic carbocycles. The molecule has 0 spiro atoms. The molecule has 1 aliphatic heterocycles. The summed E-state index contributed by atoms with van der Waals surface area (Å²) < 4.78 is 21.6. The Morgan fingerprint density at radius 2 is 1.88 bits per heavy atom. The monoisotopic (exact) mass is 441 g/mol. The number of benzene rings is 1. The molecule has 6 fully saturated rings. The number of halogens is 1. The summed E-state index contributed by atoms with van der Waals surface area (Å²) in [7, 11) is 0. The second-order valence-electron chi connectivity index (χ2n) is 11.4. The molecule has 5 saturated carbocycles. The average molecular weight is 442 g/mol. The molecule has 0 radical (unpaired) electrons. The normalized spacial score (nSPS) is 37.3. The number of rotatable bonds is 6. The highest BCUT2D eigenvalue weighted by Crippen LogP contribution is 2.65. The molecular formula is C26H32FNO4. The molecule has 172 valence electrons. The van der Waals surface area contributed by atoms with E-state index in [9.17, 15) is 14.7 Å². The van der Waals surface area contributed by atoms with E-state index in [0.29, 0.717) is 31.2 Å². The third-order valence-electron chi connectivity index (χ3n) is 9.23. The van der Waals surface area contributed by atoms with E-state index < -0.39 is 23.7 Å². The summed E-state index contributed by atoms with van der Waals surface area (Å²) in [6.45, 7) is 2.83. The van der Waals surface area contributed by atoms with E-state index in [-0.39, 0.29) is 16.9 Å². The number of carbonyl (C=O) groups is 2. The second kappa shape index (κ2) is 7.19. The Morgan fingerprint density at radius 3 is 2.53 bits per heavy atom. The van der Waals surface area contributed by atoms with Crippen LogP contribution in [0.4, 0.5) is 4.39 Å². The number of carbonyl (C=O) groups excluding carboxylic acids is 1. The third kappa shape index (κ3) is 3.16. The van der Waals surface area contributed by atoms with E-state index in [1.807, 2.05) is 6.92 Å². The molecule has 5 aliphatic carbocycles. The first-order valence-corrected chi connectivity index (χ1v) is 12.3. The first kappa shape index (κ1) is 20.5. The topological polar surface area (TPSA) is 66.8 Å². The molecule has 32 heavy (non-hydrogen) atoms. The Labute approximate surface area is 188 Å². The maximum absolute atomic E-state index is 15.2. The van der Waals surface area contributed by atoms with E-state index in [2.05, 4.69) is 0 Å². The van der Waals surface area contributed by atoms with Crippen molar-refractivity contribution in [1.29, 1.82) is 0 Å². The van der Waals surface area contributed by atoms with Crippen LogP contribution in [-0.4, -0.2) is 41.1 Å². The number of hydrogen-bond acceptors (Lipinski definition) is 3. The fourth-order valence-electron chi connectivity index (χ4n) is 7.70. The van der Waals surface area contributed by atoms with Crippen LogP contribution in [0, 0.1) is 34.9 Å². The van der Waals surface area contributed by atoms with Gasteiger partial charge in [-0.3, -0.25) is 4.79 Å². The first-order valence-electron chi connectivity index (χ1n) is 12.3. The van der Waals surface area contributed by atoms with Gasteiger partial charge >= 0.3 is 5.97 Å². The molecule has 5 nitrogen and oxygen atoms in total. The van der Waals surface area contributed by atoms with Crippen LogP contribution in [-0.2, 0) is 4.79 Å². The van der Waals surface area contributed by atoms with Gasteiger partial charge in [-0.05, 0) is 92.6 Å². The van der Waals surface area contributed by atoms with Crippen LogP contribution in [0.1, 0.15) is 80.1 Å². The van der Waals surface area contributed by atoms with Crippen LogP contribution in [0.3, 0.4) is 0 Å². The molecule has 1 amide bonds. The van der Waals surface area contributed by atoms with Gasteiger partial charge < -0.3 is 14.7 Å². The van der Waals surface area contributed by atoms with Crippen LogP contribution < -0.4 is 4.74 Å². The maximum atomic E-state index is 15.2. The summed E-state index contributed by atoms with van der Waals surface area (Å²) >= 11 is 0. The number of aliphatic carboxylic acids is 1. The number of amides is 1. The van der Waals surface area contributed by atoms with Crippen LogP contribution >= 0.6 is 0 Å². The average Bonchev–Trinajstić information content (AvgIpc) is 3.41. The maximum Gasteiger partial charge on any atom is 0.326 e. The van der Waals surface area contributed by atoms with Gasteiger partial charge in [-0.15, -0.1) is 0 Å². The van der Waals surface area contributed by atoms with Gasteiger partial charge in [-0.25, -0.2) is 9.18 Å². The van der Waals surface area contributed by atoms with Crippen molar-refractivity contribution < 1.29 is 23.8 Å². The molecule has 6 aliphatic rings. The Bertz CT molecular complexity index is 959. The van der Waals surface area contributed by atoms with E-state index in [1.54, 1.807) is 6.07 Å². The van der Waals surface area contributed by atoms with Crippen molar-refractivity contribution in [1.82, 2.24) is 4.90 Å². The summed E-state index contributed by atoms with van der Waals surface area (Å²) in [6.07, 6.45) is 9.19. The predicted octanol–water partition coefficient (Wildman–Crippen LogP) is 4.84. The van der Waals surface area contributed by atoms with Gasteiger partial charge in [-0.2, -0.15) is 0 Å². The molecule has 4 bridgehead atoms. The zero-order chi connectivity index (χ0) is 22.2. The molecule has 4 atom stereocenters. The summed E-state index contributed by atoms with van der Waals surface area (Å²) in [5.41, 5.74) is 1.17. The Kier molecular flexibility index (Phi) is 4.61. The van der Waals surface area contributed by atoms with E-state index >= 15 is 4.39 Å². The lowest BCUT2D eigenvalue weighted by Gasteiger charge is -2.33. The summed E-state index contributed by atoms with van der Waals surface area (Å²) in [5.74, 6) is 1.07. The molecule has 2 unspecified atom stereocenters. The van der Waals surface area contributed by atoms with Crippen LogP contribution in [0.15, 0.2) is 12.1 Å². The Balaban J connectivity index is 1.26. The smallest absolute Gasteiger partial charge is 0.326 e. The summed E-state index contributed by atoms with van der Waals surface area (Å²) in [6, 6.07) is 2.16. The number of ether oxygens (including phenoxy) is 1. The minimum absolute atomic E-state index is 0.0152. The van der Waals surface area contributed by atoms with Gasteiger partial charge in [0.1, 0.15) is 17.6 Å². The van der Waals surface area contributed by atoms with E-state index in [1.165, 1.54) is 43.1 Å². The van der Waals surface area contributed by atoms with Crippen molar-refractivity contribution in [3.05, 3.63) is 29.1 Å². The predicted molar refractivity (Wildman–Crippen MR) is 116 cm³/mol. The Hall–Kier alpha value is -2.11. The zero-order valence-corrected chi connectivity index (χ0v) is 18.7. The number of likely N-dealkylation sites (tertiary alicyclic amines) is 1. The minimum Gasteiger partial charge on any atom is -0.493 e. The highest BCUT2D eigenvalue weighted by molar-refractivity contribution is 5.97. The lowest BCUT2D eigenvalue weighted by molar-refractivity contribution is -0.142. The highest BCUT2D eigenvalue weighted by atomic mass is 19.1. The third-order valence-corrected chi connectivity index (χ3v) is 9.23. The van der Waals surface area contributed by atoms with Gasteiger partial charge in [0.05, 0.1) is 12.2 Å². The van der Waals surface area contributed by atoms with Gasteiger partial charge in [0.25, 0.3) is 5.91 Å². The summed E-state index contributed by atoms with van der Waals surface area (Å²) in [4.78, 5) is 26.2. The van der Waals surface area contributed by atoms with Gasteiger partial charge in [0.15, 0.2) is 0 Å². The molecule has 6 heteroatoms. The largest absolute Gasteiger partial charge is 0.493 e. The fraction of sp³-hybridized carbons (Fsp3) is 0.692. The quantitative estimate of drug-likeness (QED) is 0.686.